The first kappa shape index (κ1) is 14.0. The van der Waals surface area contributed by atoms with Crippen molar-refractivity contribution in [3.63, 3.8) is 0 Å². The van der Waals surface area contributed by atoms with Crippen LogP contribution in [0.1, 0.15) is 37.6 Å². The van der Waals surface area contributed by atoms with Crippen LogP contribution in [0.2, 0.25) is 0 Å². The van der Waals surface area contributed by atoms with Gasteiger partial charge in [0.05, 0.1) is 0 Å². The van der Waals surface area contributed by atoms with Gasteiger partial charge in [-0.15, -0.1) is 10.2 Å². The van der Waals surface area contributed by atoms with Crippen molar-refractivity contribution < 1.29 is 14.3 Å². The largest absolute Gasteiger partial charge is 0.436 e. The number of carbonyl (C=O) groups excluding carboxylic acids is 2. The van der Waals surface area contributed by atoms with Gasteiger partial charge < -0.3 is 4.74 Å². The highest BCUT2D eigenvalue weighted by atomic mass is 16.6. The molecule has 0 aliphatic heterocycles. The molecule has 0 heterocycles. The molecule has 18 heavy (non-hydrogen) atoms. The Balaban J connectivity index is 2.79. The van der Waals surface area contributed by atoms with Gasteiger partial charge in [0.15, 0.2) is 0 Å². The van der Waals surface area contributed by atoms with Gasteiger partial charge in [-0.25, -0.2) is 0 Å². The fourth-order valence-corrected chi connectivity index (χ4v) is 1.26. The van der Waals surface area contributed by atoms with E-state index in [1.807, 2.05) is 6.07 Å². The number of hydrogen-bond acceptors (Lipinski definition) is 4. The Bertz CT molecular complexity index is 457. The van der Waals surface area contributed by atoms with Gasteiger partial charge in [-0.05, 0) is 19.1 Å². The number of carbonyl (C=O) groups is 2. The smallest absolute Gasteiger partial charge is 0.304 e. The van der Waals surface area contributed by atoms with Crippen molar-refractivity contribution >= 4 is 11.9 Å². The third kappa shape index (κ3) is 4.08. The summed E-state index contributed by atoms with van der Waals surface area (Å²) >= 11 is 0. The molecule has 0 saturated carbocycles. The highest BCUT2D eigenvalue weighted by Gasteiger charge is 2.25. The maximum Gasteiger partial charge on any atom is 0.304 e. The van der Waals surface area contributed by atoms with Crippen molar-refractivity contribution in [1.29, 1.82) is 0 Å². The van der Waals surface area contributed by atoms with Crippen LogP contribution in [-0.2, 0) is 9.53 Å². The fraction of sp³-hybridized carbons (Fsp3) is 0.385. The number of ether oxygens (including phenoxy) is 1. The van der Waals surface area contributed by atoms with E-state index in [2.05, 4.69) is 10.2 Å². The Kier molecular flexibility index (Phi) is 4.71. The molecular weight excluding hydrogens is 232 g/mol. The molecular formula is C13H16N2O3. The van der Waals surface area contributed by atoms with E-state index >= 15 is 0 Å². The lowest BCUT2D eigenvalue weighted by Crippen LogP contribution is -2.27. The number of esters is 1. The maximum atomic E-state index is 11.7. The van der Waals surface area contributed by atoms with Crippen LogP contribution in [0.25, 0.3) is 0 Å². The third-order valence-corrected chi connectivity index (χ3v) is 2.39. The summed E-state index contributed by atoms with van der Waals surface area (Å²) in [5.74, 6) is -0.909. The second-order valence-corrected chi connectivity index (χ2v) is 3.99. The molecule has 1 amide bonds. The van der Waals surface area contributed by atoms with Crippen molar-refractivity contribution in [2.75, 3.05) is 0 Å². The highest BCUT2D eigenvalue weighted by Crippen LogP contribution is 2.18. The number of nitrogens with zero attached hydrogens (tertiary/aromatic N) is 2. The number of hydrogen-bond donors (Lipinski definition) is 0. The van der Waals surface area contributed by atoms with Crippen molar-refractivity contribution in [2.45, 2.75) is 32.9 Å². The van der Waals surface area contributed by atoms with Gasteiger partial charge in [-0.1, -0.05) is 25.1 Å². The van der Waals surface area contributed by atoms with Gasteiger partial charge in [-0.3, -0.25) is 9.59 Å². The van der Waals surface area contributed by atoms with Crippen molar-refractivity contribution in [2.24, 2.45) is 10.2 Å². The molecule has 0 saturated heterocycles. The molecule has 0 N–H and O–H groups in total. The van der Waals surface area contributed by atoms with E-state index in [9.17, 15) is 9.59 Å². The van der Waals surface area contributed by atoms with E-state index in [0.717, 1.165) is 0 Å². The summed E-state index contributed by atoms with van der Waals surface area (Å²) in [6.45, 7) is 4.70. The lowest BCUT2D eigenvalue weighted by molar-refractivity contribution is -0.155. The van der Waals surface area contributed by atoms with Crippen LogP contribution in [0.4, 0.5) is 0 Å². The molecule has 96 valence electrons. The highest BCUT2D eigenvalue weighted by molar-refractivity contribution is 5.94. The molecule has 1 aromatic carbocycles. The first-order valence-electron chi connectivity index (χ1n) is 5.69. The Morgan fingerprint density at radius 1 is 1.28 bits per heavy atom. The number of azo groups is 1. The zero-order valence-corrected chi connectivity index (χ0v) is 10.7. The summed E-state index contributed by atoms with van der Waals surface area (Å²) in [4.78, 5) is 22.6. The molecule has 0 aliphatic rings. The van der Waals surface area contributed by atoms with Gasteiger partial charge >= 0.3 is 5.97 Å². The molecule has 5 nitrogen and oxygen atoms in total. The molecule has 0 aromatic heterocycles. The minimum atomic E-state index is -1.09. The lowest BCUT2D eigenvalue weighted by Gasteiger charge is -2.21. The van der Waals surface area contributed by atoms with Gasteiger partial charge in [0, 0.05) is 18.9 Å². The Morgan fingerprint density at radius 2 is 1.89 bits per heavy atom. The first-order valence-corrected chi connectivity index (χ1v) is 5.69. The van der Waals surface area contributed by atoms with E-state index in [4.69, 9.17) is 4.74 Å². The lowest BCUT2D eigenvalue weighted by atomic mass is 10.2. The van der Waals surface area contributed by atoms with E-state index in [0.29, 0.717) is 12.0 Å². The number of amides is 1. The van der Waals surface area contributed by atoms with Gasteiger partial charge in [0.1, 0.15) is 0 Å². The summed E-state index contributed by atoms with van der Waals surface area (Å²) in [6.07, 6.45) is 0.443. The summed E-state index contributed by atoms with van der Waals surface area (Å²) in [5.41, 5.74) is -0.640. The van der Waals surface area contributed by atoms with Gasteiger partial charge in [0.2, 0.25) is 5.72 Å². The quantitative estimate of drug-likeness (QED) is 0.607. The number of benzene rings is 1. The third-order valence-electron chi connectivity index (χ3n) is 2.39. The van der Waals surface area contributed by atoms with Crippen molar-refractivity contribution in [3.05, 3.63) is 35.9 Å². The topological polar surface area (TPSA) is 68.1 Å². The molecule has 0 fully saturated rings. The summed E-state index contributed by atoms with van der Waals surface area (Å²) in [7, 11) is 0. The SMILES string of the molecule is CCC(C)(N=NC(=O)c1ccccc1)OC(C)=O. The molecule has 0 aliphatic carbocycles. The van der Waals surface area contributed by atoms with Crippen LogP contribution in [0.3, 0.4) is 0 Å². The van der Waals surface area contributed by atoms with Crippen LogP contribution in [0.5, 0.6) is 0 Å². The molecule has 5 heteroatoms. The summed E-state index contributed by atoms with van der Waals surface area (Å²) in [6, 6.07) is 8.59. The first-order chi connectivity index (χ1) is 8.47. The van der Waals surface area contributed by atoms with Crippen LogP contribution >= 0.6 is 0 Å². The summed E-state index contributed by atoms with van der Waals surface area (Å²) in [5, 5.41) is 7.42. The fourth-order valence-electron chi connectivity index (χ4n) is 1.26. The molecule has 0 radical (unpaired) electrons. The van der Waals surface area contributed by atoms with Crippen LogP contribution < -0.4 is 0 Å². The zero-order chi connectivity index (χ0) is 13.6. The average Bonchev–Trinajstić information content (AvgIpc) is 2.36. The van der Waals surface area contributed by atoms with Crippen LogP contribution in [0.15, 0.2) is 40.6 Å². The van der Waals surface area contributed by atoms with E-state index < -0.39 is 17.6 Å². The maximum absolute atomic E-state index is 11.7. The normalized spacial score (nSPS) is 14.2. The Morgan fingerprint density at radius 3 is 2.39 bits per heavy atom. The molecule has 1 aromatic rings. The van der Waals surface area contributed by atoms with Gasteiger partial charge in [0.25, 0.3) is 5.91 Å². The van der Waals surface area contributed by atoms with Crippen molar-refractivity contribution in [1.82, 2.24) is 0 Å². The van der Waals surface area contributed by atoms with Crippen molar-refractivity contribution in [3.8, 4) is 0 Å². The van der Waals surface area contributed by atoms with E-state index in [1.54, 1.807) is 38.1 Å². The van der Waals surface area contributed by atoms with Crippen LogP contribution in [0, 0.1) is 0 Å². The summed E-state index contributed by atoms with van der Waals surface area (Å²) < 4.78 is 5.02. The molecule has 1 unspecified atom stereocenters. The second kappa shape index (κ2) is 6.05. The van der Waals surface area contributed by atoms with Gasteiger partial charge in [-0.2, -0.15) is 0 Å². The molecule has 1 rings (SSSR count). The predicted octanol–water partition coefficient (Wildman–Crippen LogP) is 2.97. The van der Waals surface area contributed by atoms with Crippen LogP contribution in [-0.4, -0.2) is 17.6 Å². The van der Waals surface area contributed by atoms with E-state index in [-0.39, 0.29) is 0 Å². The average molecular weight is 248 g/mol. The Labute approximate surface area is 106 Å². The number of rotatable bonds is 4. The molecule has 0 bridgehead atoms. The van der Waals surface area contributed by atoms with E-state index in [1.165, 1.54) is 6.92 Å². The molecule has 1 atom stereocenters. The zero-order valence-electron chi connectivity index (χ0n) is 10.7. The minimum Gasteiger partial charge on any atom is -0.436 e. The predicted molar refractivity (Wildman–Crippen MR) is 66.1 cm³/mol. The minimum absolute atomic E-state index is 0.443. The monoisotopic (exact) mass is 248 g/mol. The molecule has 0 spiro atoms. The second-order valence-electron chi connectivity index (χ2n) is 3.99. The standard InChI is InChI=1S/C13H16N2O3/c1-4-13(3,18-10(2)16)15-14-12(17)11-8-6-5-7-9-11/h5-9H,4H2,1-3H3. The Hall–Kier alpha value is -2.04.